The molecule has 1 fully saturated rings. The third kappa shape index (κ3) is 1.74. The number of amides is 1. The zero-order valence-corrected chi connectivity index (χ0v) is 9.41. The van der Waals surface area contributed by atoms with Crippen LogP contribution in [0.25, 0.3) is 0 Å². The van der Waals surface area contributed by atoms with Crippen LogP contribution in [0.1, 0.15) is 29.9 Å². The molecule has 0 radical (unpaired) electrons. The lowest BCUT2D eigenvalue weighted by molar-refractivity contribution is -0.0689. The van der Waals surface area contributed by atoms with Crippen molar-refractivity contribution >= 4 is 17.4 Å². The smallest absolute Gasteiger partial charge is 0.264 e. The molecule has 15 heavy (non-hydrogen) atoms. The molecule has 1 aliphatic rings. The Balaban J connectivity index is 1.97. The fourth-order valence-electron chi connectivity index (χ4n) is 1.64. The molecule has 0 bridgehead atoms. The predicted octanol–water partition coefficient (Wildman–Crippen LogP) is 0.427. The van der Waals surface area contributed by atoms with Crippen molar-refractivity contribution in [2.45, 2.75) is 32.4 Å². The van der Waals surface area contributed by atoms with E-state index in [9.17, 15) is 9.90 Å². The van der Waals surface area contributed by atoms with Gasteiger partial charge in [-0.25, -0.2) is 0 Å². The van der Waals surface area contributed by atoms with Gasteiger partial charge in [0, 0.05) is 11.5 Å². The van der Waals surface area contributed by atoms with Gasteiger partial charge in [0.05, 0.1) is 12.3 Å². The molecule has 1 heterocycles. The molecule has 1 aromatic heterocycles. The summed E-state index contributed by atoms with van der Waals surface area (Å²) in [6.07, 6.45) is 1.73. The largest absolute Gasteiger partial charge is 0.392 e. The number of hydrogen-bond acceptors (Lipinski definition) is 5. The lowest BCUT2D eigenvalue weighted by Gasteiger charge is -2.49. The molecular weight excluding hydrogens is 214 g/mol. The van der Waals surface area contributed by atoms with Gasteiger partial charge in [-0.3, -0.25) is 4.79 Å². The highest BCUT2D eigenvalue weighted by Gasteiger charge is 2.48. The third-order valence-corrected chi connectivity index (χ3v) is 3.77. The van der Waals surface area contributed by atoms with E-state index in [2.05, 4.69) is 14.9 Å². The summed E-state index contributed by atoms with van der Waals surface area (Å²) in [5.41, 5.74) is -0.242. The second-order valence-electron chi connectivity index (χ2n) is 4.38. The summed E-state index contributed by atoms with van der Waals surface area (Å²) in [5, 5.41) is 16.0. The summed E-state index contributed by atoms with van der Waals surface area (Å²) in [6.45, 7) is 3.88. The first-order valence-corrected chi connectivity index (χ1v) is 5.55. The Kier molecular flexibility index (Phi) is 2.47. The van der Waals surface area contributed by atoms with Gasteiger partial charge in [0.15, 0.2) is 0 Å². The Labute approximate surface area is 91.7 Å². The van der Waals surface area contributed by atoms with Crippen molar-refractivity contribution in [3.63, 3.8) is 0 Å². The number of aliphatic hydroxyl groups is 1. The predicted molar refractivity (Wildman–Crippen MR) is 55.6 cm³/mol. The van der Waals surface area contributed by atoms with Crippen LogP contribution in [-0.4, -0.2) is 32.7 Å². The highest BCUT2D eigenvalue weighted by molar-refractivity contribution is 7.07. The van der Waals surface area contributed by atoms with Crippen LogP contribution in [-0.2, 0) is 0 Å². The van der Waals surface area contributed by atoms with E-state index in [0.717, 1.165) is 11.5 Å². The van der Waals surface area contributed by atoms with Crippen LogP contribution in [0.4, 0.5) is 0 Å². The van der Waals surface area contributed by atoms with E-state index in [4.69, 9.17) is 0 Å². The summed E-state index contributed by atoms with van der Waals surface area (Å²) in [7, 11) is 0. The Morgan fingerprint density at radius 3 is 2.93 bits per heavy atom. The van der Waals surface area contributed by atoms with Gasteiger partial charge in [0.25, 0.3) is 5.91 Å². The number of carbonyl (C=O) groups is 1. The molecule has 0 aromatic carbocycles. The van der Waals surface area contributed by atoms with Gasteiger partial charge in [-0.1, -0.05) is 18.3 Å². The van der Waals surface area contributed by atoms with E-state index < -0.39 is 0 Å². The maximum atomic E-state index is 11.6. The topological polar surface area (TPSA) is 75.1 Å². The van der Waals surface area contributed by atoms with Crippen LogP contribution < -0.4 is 5.32 Å². The van der Waals surface area contributed by atoms with Gasteiger partial charge in [0.2, 0.25) is 0 Å². The minimum absolute atomic E-state index is 0.0297. The molecule has 0 saturated heterocycles. The summed E-state index contributed by atoms with van der Waals surface area (Å²) < 4.78 is 3.63. The molecule has 2 N–H and O–H groups in total. The van der Waals surface area contributed by atoms with Gasteiger partial charge < -0.3 is 10.4 Å². The van der Waals surface area contributed by atoms with Crippen molar-refractivity contribution in [2.75, 3.05) is 0 Å². The lowest BCUT2D eigenvalue weighted by atomic mass is 9.64. The number of nitrogens with zero attached hydrogens (tertiary/aromatic N) is 2. The number of rotatable bonds is 2. The molecule has 5 nitrogen and oxygen atoms in total. The summed E-state index contributed by atoms with van der Waals surface area (Å²) in [4.78, 5) is 12.1. The van der Waals surface area contributed by atoms with Crippen LogP contribution in [0, 0.1) is 5.41 Å². The average Bonchev–Trinajstić information content (AvgIpc) is 2.70. The van der Waals surface area contributed by atoms with E-state index in [1.165, 1.54) is 6.20 Å². The zero-order valence-electron chi connectivity index (χ0n) is 8.60. The van der Waals surface area contributed by atoms with E-state index >= 15 is 0 Å². The first-order chi connectivity index (χ1) is 7.01. The minimum atomic E-state index is -0.331. The van der Waals surface area contributed by atoms with E-state index in [-0.39, 0.29) is 23.5 Å². The van der Waals surface area contributed by atoms with Crippen LogP contribution >= 0.6 is 11.5 Å². The Hall–Kier alpha value is -1.01. The molecule has 2 unspecified atom stereocenters. The summed E-state index contributed by atoms with van der Waals surface area (Å²) in [6, 6.07) is 0.0297. The number of nitrogens with one attached hydrogen (secondary N) is 1. The summed E-state index contributed by atoms with van der Waals surface area (Å²) in [5.74, 6) is -0.157. The van der Waals surface area contributed by atoms with Gasteiger partial charge in [0.1, 0.15) is 4.88 Å². The highest BCUT2D eigenvalue weighted by atomic mass is 32.1. The molecule has 6 heteroatoms. The van der Waals surface area contributed by atoms with E-state index in [1.54, 1.807) is 0 Å². The molecule has 2 rings (SSSR count). The first kappa shape index (κ1) is 10.5. The van der Waals surface area contributed by atoms with E-state index in [0.29, 0.717) is 11.3 Å². The third-order valence-electron chi connectivity index (χ3n) is 3.11. The molecule has 1 amide bonds. The van der Waals surface area contributed by atoms with Crippen LogP contribution in [0.15, 0.2) is 6.20 Å². The quantitative estimate of drug-likeness (QED) is 0.768. The Morgan fingerprint density at radius 1 is 1.73 bits per heavy atom. The van der Waals surface area contributed by atoms with Crippen LogP contribution in [0.3, 0.4) is 0 Å². The minimum Gasteiger partial charge on any atom is -0.392 e. The van der Waals surface area contributed by atoms with Crippen molar-refractivity contribution in [1.29, 1.82) is 0 Å². The normalized spacial score (nSPS) is 28.2. The highest BCUT2D eigenvalue weighted by Crippen LogP contribution is 2.40. The van der Waals surface area contributed by atoms with Crippen molar-refractivity contribution in [2.24, 2.45) is 5.41 Å². The second kappa shape index (κ2) is 3.53. The number of carbonyl (C=O) groups excluding carboxylic acids is 1. The number of aliphatic hydroxyl groups excluding tert-OH is 1. The average molecular weight is 227 g/mol. The molecule has 0 spiro atoms. The van der Waals surface area contributed by atoms with Gasteiger partial charge >= 0.3 is 0 Å². The van der Waals surface area contributed by atoms with Gasteiger partial charge in [-0.2, -0.15) is 0 Å². The molecule has 1 aliphatic carbocycles. The van der Waals surface area contributed by atoms with Crippen molar-refractivity contribution < 1.29 is 9.90 Å². The SMILES string of the molecule is CC1(C)C(O)CC1NC(=O)c1cnns1. The maximum absolute atomic E-state index is 11.6. The first-order valence-electron chi connectivity index (χ1n) is 4.78. The Morgan fingerprint density at radius 2 is 2.47 bits per heavy atom. The molecular formula is C9H13N3O2S. The fourth-order valence-corrected chi connectivity index (χ4v) is 2.06. The van der Waals surface area contributed by atoms with Crippen molar-refractivity contribution in [3.05, 3.63) is 11.1 Å². The maximum Gasteiger partial charge on any atom is 0.264 e. The van der Waals surface area contributed by atoms with Gasteiger partial charge in [-0.15, -0.1) is 5.10 Å². The van der Waals surface area contributed by atoms with Crippen LogP contribution in [0.2, 0.25) is 0 Å². The lowest BCUT2D eigenvalue weighted by Crippen LogP contribution is -2.61. The molecule has 1 saturated carbocycles. The molecule has 1 aromatic rings. The standard InChI is InChI=1S/C9H13N3O2S/c1-9(2)6(3-7(9)13)11-8(14)5-4-10-12-15-5/h4,6-7,13H,3H2,1-2H3,(H,11,14). The molecule has 2 atom stereocenters. The number of hydrogen-bond donors (Lipinski definition) is 2. The fraction of sp³-hybridized carbons (Fsp3) is 0.667. The van der Waals surface area contributed by atoms with E-state index in [1.807, 2.05) is 13.8 Å². The molecule has 0 aliphatic heterocycles. The number of aromatic nitrogens is 2. The second-order valence-corrected chi connectivity index (χ2v) is 5.17. The van der Waals surface area contributed by atoms with Gasteiger partial charge in [-0.05, 0) is 18.0 Å². The summed E-state index contributed by atoms with van der Waals surface area (Å²) >= 11 is 1.07. The zero-order chi connectivity index (χ0) is 11.1. The Bertz CT molecular complexity index is 363. The van der Waals surface area contributed by atoms with Crippen LogP contribution in [0.5, 0.6) is 0 Å². The van der Waals surface area contributed by atoms with Crippen molar-refractivity contribution in [1.82, 2.24) is 14.9 Å². The van der Waals surface area contributed by atoms with Crippen molar-refractivity contribution in [3.8, 4) is 0 Å². The molecule has 82 valence electrons. The monoisotopic (exact) mass is 227 g/mol.